The number of ether oxygens (including phenoxy) is 5. The van der Waals surface area contributed by atoms with Crippen LogP contribution >= 0.6 is 0 Å². The molecule has 4 bridgehead atoms. The number of rotatable bonds is 7. The van der Waals surface area contributed by atoms with Gasteiger partial charge in [-0.3, -0.25) is 14.4 Å². The van der Waals surface area contributed by atoms with Gasteiger partial charge in [0.05, 0.1) is 37.1 Å². The van der Waals surface area contributed by atoms with E-state index in [9.17, 15) is 24.6 Å². The highest BCUT2D eigenvalue weighted by molar-refractivity contribution is 6.01. The minimum atomic E-state index is -1.82. The van der Waals surface area contributed by atoms with Crippen LogP contribution in [0.25, 0.3) is 6.08 Å². The second kappa shape index (κ2) is 18.7. The van der Waals surface area contributed by atoms with Crippen molar-refractivity contribution in [2.45, 2.75) is 141 Å². The van der Waals surface area contributed by atoms with Gasteiger partial charge in [-0.2, -0.15) is 0 Å². The van der Waals surface area contributed by atoms with Crippen molar-refractivity contribution in [1.29, 1.82) is 0 Å². The maximum absolute atomic E-state index is 14.4. The number of oxime groups is 1. The Labute approximate surface area is 336 Å². The van der Waals surface area contributed by atoms with E-state index in [2.05, 4.69) is 5.16 Å². The third-order valence-corrected chi connectivity index (χ3v) is 12.1. The van der Waals surface area contributed by atoms with Gasteiger partial charge >= 0.3 is 5.97 Å². The average Bonchev–Trinajstić information content (AvgIpc) is 3.20. The molecule has 4 heterocycles. The maximum Gasteiger partial charge on any atom is 0.316 e. The Morgan fingerprint density at radius 1 is 1.02 bits per heavy atom. The predicted molar refractivity (Wildman–Crippen MR) is 213 cm³/mol. The van der Waals surface area contributed by atoms with E-state index in [1.807, 2.05) is 82.3 Å². The van der Waals surface area contributed by atoms with Crippen molar-refractivity contribution >= 4 is 35.2 Å². The predicted octanol–water partition coefficient (Wildman–Crippen LogP) is 4.39. The van der Waals surface area contributed by atoms with Crippen LogP contribution in [0, 0.1) is 23.7 Å². The lowest BCUT2D eigenvalue weighted by Gasteiger charge is -2.47. The molecule has 14 atom stereocenters. The molecule has 14 nitrogen and oxygen atoms in total. The van der Waals surface area contributed by atoms with E-state index in [4.69, 9.17) is 33.5 Å². The molecule has 1 amide bonds. The highest BCUT2D eigenvalue weighted by atomic mass is 16.7. The molecule has 0 aromatic heterocycles. The Balaban J connectivity index is 1.67. The van der Waals surface area contributed by atoms with E-state index >= 15 is 0 Å². The summed E-state index contributed by atoms with van der Waals surface area (Å²) in [6, 6.07) is 9.36. The van der Waals surface area contributed by atoms with E-state index in [1.54, 1.807) is 20.8 Å². The van der Waals surface area contributed by atoms with Gasteiger partial charge in [-0.05, 0) is 72.5 Å². The Morgan fingerprint density at radius 2 is 1.72 bits per heavy atom. The first-order chi connectivity index (χ1) is 26.9. The third-order valence-electron chi connectivity index (χ3n) is 12.1. The third kappa shape index (κ3) is 10.1. The summed E-state index contributed by atoms with van der Waals surface area (Å²) in [6.45, 7) is 13.5. The molecule has 4 aliphatic heterocycles. The normalized spacial score (nSPS) is 41.0. The molecule has 4 aliphatic rings. The van der Waals surface area contributed by atoms with Crippen LogP contribution in [0.15, 0.2) is 46.6 Å². The van der Waals surface area contributed by atoms with Crippen LogP contribution in [-0.2, 0) is 42.9 Å². The SMILES string of the molecule is CC[C@H]1OC(=O)[C@H](C)C(=O)[C@H](C)[C@@H](O[C@@H]2O[C@H](C)C[C@H](N(C)C)[C@H]2O)[C@@]2(C)C[C@@H](C)C3=NC(=O)C(C/C=C/c4ccccc4)O/N=C(/CO[C@H]([C@H]3C)[C@]1(C)O)CO2. The second-order valence-corrected chi connectivity index (χ2v) is 17.0. The first-order valence-corrected chi connectivity index (χ1v) is 20.3. The molecular formula is C43H63N3O11. The van der Waals surface area contributed by atoms with Crippen molar-refractivity contribution in [2.75, 3.05) is 27.3 Å². The number of carbonyl (C=O) groups excluding carboxylic acids is 3. The number of Topliss-reactive ketones (excluding diaryl/α,β-unsaturated/α-hetero) is 1. The van der Waals surface area contributed by atoms with Crippen LogP contribution in [-0.4, -0.2) is 132 Å². The summed E-state index contributed by atoms with van der Waals surface area (Å²) in [7, 11) is 3.74. The van der Waals surface area contributed by atoms with Crippen LogP contribution in [0.2, 0.25) is 0 Å². The number of esters is 1. The molecule has 0 aliphatic carbocycles. The molecule has 0 spiro atoms. The Bertz CT molecular complexity index is 1660. The molecule has 57 heavy (non-hydrogen) atoms. The number of nitrogens with zero attached hydrogens (tertiary/aromatic N) is 3. The number of amides is 1. The number of aliphatic hydroxyl groups is 2. The minimum absolute atomic E-state index is 0.166. The van der Waals surface area contributed by atoms with Crippen LogP contribution in [0.4, 0.5) is 0 Å². The van der Waals surface area contributed by atoms with Crippen molar-refractivity contribution in [3.05, 3.63) is 42.0 Å². The Morgan fingerprint density at radius 3 is 2.39 bits per heavy atom. The highest BCUT2D eigenvalue weighted by Gasteiger charge is 2.53. The smallest absolute Gasteiger partial charge is 0.316 e. The number of likely N-dealkylation sites (N-methyl/N-ethyl adjacent to an activating group) is 1. The number of benzene rings is 1. The lowest BCUT2D eigenvalue weighted by molar-refractivity contribution is -0.296. The monoisotopic (exact) mass is 797 g/mol. The van der Waals surface area contributed by atoms with Crippen molar-refractivity contribution in [3.63, 3.8) is 0 Å². The summed E-state index contributed by atoms with van der Waals surface area (Å²) in [5, 5.41) is 28.4. The quantitative estimate of drug-likeness (QED) is 0.295. The molecule has 3 saturated heterocycles. The fourth-order valence-corrected chi connectivity index (χ4v) is 8.84. The highest BCUT2D eigenvalue weighted by Crippen LogP contribution is 2.40. The van der Waals surface area contributed by atoms with Crippen molar-refractivity contribution in [3.8, 4) is 0 Å². The number of hydrogen-bond donors (Lipinski definition) is 2. The van der Waals surface area contributed by atoms with Crippen molar-refractivity contribution in [2.24, 2.45) is 33.8 Å². The Kier molecular flexibility index (Phi) is 14.7. The zero-order valence-electron chi connectivity index (χ0n) is 35.1. The minimum Gasteiger partial charge on any atom is -0.459 e. The van der Waals surface area contributed by atoms with Gasteiger partial charge in [0, 0.05) is 30.0 Å². The number of fused-ring (bicyclic) bond motifs is 4. The number of aliphatic hydroxyl groups excluding tert-OH is 1. The number of carbonyl (C=O) groups is 3. The van der Waals surface area contributed by atoms with Gasteiger partial charge in [0.1, 0.15) is 29.4 Å². The zero-order chi connectivity index (χ0) is 41.8. The standard InChI is InChI=1S/C43H63N3O11/c1-11-33-43(8,51)38-26(4)34-24(2)21-42(7,53-23-30(22-52-38)45-57-32(39(49)44-34)19-15-18-29-16-13-12-14-17-29)37(27(5)35(47)28(6)40(50)55-33)56-41-36(48)31(46(9)10)20-25(3)54-41/h12-18,24-28,31-33,36-38,41,48,51H,11,19-23H2,1-10H3/b18-15+,44-34?,45-30-/t24-,25-,26+,27+,28-,31+,32?,33-,36-,37-,38-,41+,42-,43-/m1/s1. The molecule has 3 fully saturated rings. The molecule has 14 heteroatoms. The lowest BCUT2D eigenvalue weighted by Crippen LogP contribution is -2.60. The summed E-state index contributed by atoms with van der Waals surface area (Å²) in [4.78, 5) is 55.1. The lowest BCUT2D eigenvalue weighted by atomic mass is 9.73. The van der Waals surface area contributed by atoms with Crippen LogP contribution in [0.1, 0.15) is 86.6 Å². The molecular weight excluding hydrogens is 734 g/mol. The van der Waals surface area contributed by atoms with Gasteiger partial charge in [0.15, 0.2) is 12.1 Å². The van der Waals surface area contributed by atoms with Crippen molar-refractivity contribution < 1.29 is 53.1 Å². The number of aliphatic imine (C=N–C) groups is 1. The average molecular weight is 798 g/mol. The Hall–Kier alpha value is -3.37. The summed E-state index contributed by atoms with van der Waals surface area (Å²) in [6.07, 6.45) is -2.08. The van der Waals surface area contributed by atoms with Gasteiger partial charge in [-0.1, -0.05) is 75.3 Å². The van der Waals surface area contributed by atoms with Crippen molar-refractivity contribution in [1.82, 2.24) is 4.90 Å². The molecule has 316 valence electrons. The summed E-state index contributed by atoms with van der Waals surface area (Å²) < 4.78 is 32.3. The molecule has 2 N–H and O–H groups in total. The van der Waals surface area contributed by atoms with Crippen LogP contribution < -0.4 is 0 Å². The van der Waals surface area contributed by atoms with E-state index < -0.39 is 89.3 Å². The fraction of sp³-hybridized carbons (Fsp3) is 0.698. The van der Waals surface area contributed by atoms with E-state index in [0.29, 0.717) is 12.1 Å². The topological polar surface area (TPSA) is 175 Å². The molecule has 1 aromatic carbocycles. The number of cyclic esters (lactones) is 1. The maximum atomic E-state index is 14.4. The first kappa shape index (κ1) is 44.7. The molecule has 0 radical (unpaired) electrons. The number of hydrogen-bond acceptors (Lipinski definition) is 13. The van der Waals surface area contributed by atoms with E-state index in [0.717, 1.165) is 5.56 Å². The largest absolute Gasteiger partial charge is 0.459 e. The van der Waals surface area contributed by atoms with Crippen LogP contribution in [0.5, 0.6) is 0 Å². The first-order valence-electron chi connectivity index (χ1n) is 20.3. The summed E-state index contributed by atoms with van der Waals surface area (Å²) >= 11 is 0. The second-order valence-electron chi connectivity index (χ2n) is 17.0. The molecule has 1 unspecified atom stereocenters. The summed E-state index contributed by atoms with van der Waals surface area (Å²) in [5.41, 5.74) is -1.56. The number of ketones is 1. The van der Waals surface area contributed by atoms with Gasteiger partial charge in [0.2, 0.25) is 6.10 Å². The van der Waals surface area contributed by atoms with Gasteiger partial charge in [-0.15, -0.1) is 0 Å². The van der Waals surface area contributed by atoms with E-state index in [-0.39, 0.29) is 50.3 Å². The van der Waals surface area contributed by atoms with Gasteiger partial charge < -0.3 is 43.6 Å². The summed E-state index contributed by atoms with van der Waals surface area (Å²) in [5.74, 6) is -5.35. The van der Waals surface area contributed by atoms with Crippen LogP contribution in [0.3, 0.4) is 0 Å². The van der Waals surface area contributed by atoms with Gasteiger partial charge in [0.25, 0.3) is 5.91 Å². The fourth-order valence-electron chi connectivity index (χ4n) is 8.84. The molecule has 0 saturated carbocycles. The van der Waals surface area contributed by atoms with Gasteiger partial charge in [-0.25, -0.2) is 4.99 Å². The van der Waals surface area contributed by atoms with E-state index in [1.165, 1.54) is 13.8 Å². The zero-order valence-corrected chi connectivity index (χ0v) is 35.1. The molecule has 1 aromatic rings. The molecule has 5 rings (SSSR count).